The third-order valence-corrected chi connectivity index (χ3v) is 3.61. The van der Waals surface area contributed by atoms with Gasteiger partial charge in [0.25, 0.3) is 0 Å². The number of nitrogens with zero attached hydrogens (tertiary/aromatic N) is 2. The molecule has 0 aromatic heterocycles. The first-order valence-corrected chi connectivity index (χ1v) is 7.55. The van der Waals surface area contributed by atoms with E-state index in [1.54, 1.807) is 9.80 Å². The van der Waals surface area contributed by atoms with Crippen LogP contribution in [0.5, 0.6) is 0 Å². The fourth-order valence-corrected chi connectivity index (χ4v) is 2.23. The Morgan fingerprint density at radius 2 is 1.81 bits per heavy atom. The normalized spacial score (nSPS) is 10.3. The minimum Gasteiger partial charge on any atom is -0.346 e. The molecule has 21 heavy (non-hydrogen) atoms. The molecule has 1 aromatic rings. The first-order valence-electron chi connectivity index (χ1n) is 7.55. The summed E-state index contributed by atoms with van der Waals surface area (Å²) in [5.74, 6) is 0.0524. The quantitative estimate of drug-likeness (QED) is 0.774. The highest BCUT2D eigenvalue weighted by molar-refractivity contribution is 5.93. The van der Waals surface area contributed by atoms with Gasteiger partial charge >= 0.3 is 0 Å². The van der Waals surface area contributed by atoms with Gasteiger partial charge in [0.15, 0.2) is 0 Å². The summed E-state index contributed by atoms with van der Waals surface area (Å²) in [6.07, 6.45) is 2.44. The van der Waals surface area contributed by atoms with Crippen LogP contribution in [0.25, 0.3) is 0 Å². The van der Waals surface area contributed by atoms with Gasteiger partial charge in [-0.15, -0.1) is 0 Å². The molecule has 4 nitrogen and oxygen atoms in total. The van der Waals surface area contributed by atoms with Crippen molar-refractivity contribution in [3.05, 3.63) is 29.8 Å². The fraction of sp³-hybridized carbons (Fsp3) is 0.529. The van der Waals surface area contributed by atoms with Gasteiger partial charge in [-0.2, -0.15) is 0 Å². The highest BCUT2D eigenvalue weighted by Gasteiger charge is 2.16. The molecule has 1 aromatic carbocycles. The molecule has 0 spiro atoms. The van der Waals surface area contributed by atoms with Gasteiger partial charge in [0.2, 0.25) is 11.8 Å². The Hall–Kier alpha value is -1.84. The molecule has 0 fully saturated rings. The van der Waals surface area contributed by atoms with Crippen molar-refractivity contribution >= 4 is 17.5 Å². The molecular formula is C17H26N2O2. The predicted molar refractivity (Wildman–Crippen MR) is 86.4 cm³/mol. The van der Waals surface area contributed by atoms with Crippen molar-refractivity contribution in [3.8, 4) is 0 Å². The molecule has 4 heteroatoms. The van der Waals surface area contributed by atoms with Gasteiger partial charge in [-0.05, 0) is 25.0 Å². The molecule has 2 amide bonds. The maximum absolute atomic E-state index is 12.1. The zero-order valence-electron chi connectivity index (χ0n) is 13.6. The average Bonchev–Trinajstić information content (AvgIpc) is 2.46. The number of unbranched alkanes of at least 4 members (excludes halogenated alkanes) is 1. The van der Waals surface area contributed by atoms with Crippen LogP contribution in [-0.4, -0.2) is 36.9 Å². The van der Waals surface area contributed by atoms with Crippen LogP contribution in [0.3, 0.4) is 0 Å². The largest absolute Gasteiger partial charge is 0.346 e. The first kappa shape index (κ1) is 17.2. The number of rotatable bonds is 7. The van der Waals surface area contributed by atoms with Gasteiger partial charge in [0.1, 0.15) is 0 Å². The fourth-order valence-electron chi connectivity index (χ4n) is 2.23. The van der Waals surface area contributed by atoms with E-state index < -0.39 is 0 Å². The summed E-state index contributed by atoms with van der Waals surface area (Å²) in [4.78, 5) is 27.4. The Morgan fingerprint density at radius 1 is 1.14 bits per heavy atom. The third kappa shape index (κ3) is 5.21. The SMILES string of the molecule is CCCCN(C)C(=O)CCN(C(C)=O)c1ccccc1C. The zero-order chi connectivity index (χ0) is 15.8. The van der Waals surface area contributed by atoms with Crippen LogP contribution in [0.2, 0.25) is 0 Å². The van der Waals surface area contributed by atoms with Crippen molar-refractivity contribution < 1.29 is 9.59 Å². The minimum atomic E-state index is -0.0340. The summed E-state index contributed by atoms with van der Waals surface area (Å²) >= 11 is 0. The number of benzene rings is 1. The van der Waals surface area contributed by atoms with Crippen molar-refractivity contribution in [3.63, 3.8) is 0 Å². The third-order valence-electron chi connectivity index (χ3n) is 3.61. The molecule has 0 aliphatic carbocycles. The Balaban J connectivity index is 2.67. The number of amides is 2. The summed E-state index contributed by atoms with van der Waals surface area (Å²) < 4.78 is 0. The smallest absolute Gasteiger partial charge is 0.224 e. The molecule has 0 bridgehead atoms. The number of carbonyl (C=O) groups is 2. The van der Waals surface area contributed by atoms with Crippen molar-refractivity contribution in [2.24, 2.45) is 0 Å². The van der Waals surface area contributed by atoms with Crippen LogP contribution in [-0.2, 0) is 9.59 Å². The van der Waals surface area contributed by atoms with Gasteiger partial charge in [0.05, 0.1) is 0 Å². The first-order chi connectivity index (χ1) is 9.97. The Morgan fingerprint density at radius 3 is 2.38 bits per heavy atom. The monoisotopic (exact) mass is 290 g/mol. The highest BCUT2D eigenvalue weighted by atomic mass is 16.2. The molecule has 116 valence electrons. The Labute approximate surface area is 127 Å². The Bertz CT molecular complexity index is 485. The summed E-state index contributed by atoms with van der Waals surface area (Å²) in [6.45, 7) is 6.82. The second-order valence-corrected chi connectivity index (χ2v) is 5.38. The summed E-state index contributed by atoms with van der Waals surface area (Å²) in [5, 5.41) is 0. The molecule has 0 aliphatic rings. The molecule has 0 saturated heterocycles. The van der Waals surface area contributed by atoms with Gasteiger partial charge in [0, 0.05) is 39.2 Å². The lowest BCUT2D eigenvalue weighted by Crippen LogP contribution is -2.35. The van der Waals surface area contributed by atoms with Crippen LogP contribution in [0.1, 0.15) is 38.7 Å². The number of hydrogen-bond acceptors (Lipinski definition) is 2. The molecule has 0 N–H and O–H groups in total. The van der Waals surface area contributed by atoms with E-state index in [2.05, 4.69) is 6.92 Å². The number of anilines is 1. The number of aryl methyl sites for hydroxylation is 1. The van der Waals surface area contributed by atoms with E-state index in [0.717, 1.165) is 30.6 Å². The molecule has 0 heterocycles. The van der Waals surface area contributed by atoms with Gasteiger partial charge in [-0.25, -0.2) is 0 Å². The van der Waals surface area contributed by atoms with E-state index in [9.17, 15) is 9.59 Å². The zero-order valence-corrected chi connectivity index (χ0v) is 13.6. The lowest BCUT2D eigenvalue weighted by molar-refractivity contribution is -0.129. The molecule has 0 saturated carbocycles. The second kappa shape index (κ2) is 8.45. The van der Waals surface area contributed by atoms with E-state index in [0.29, 0.717) is 13.0 Å². The molecular weight excluding hydrogens is 264 g/mol. The predicted octanol–water partition coefficient (Wildman–Crippen LogP) is 3.00. The molecule has 0 atom stereocenters. The molecule has 0 aliphatic heterocycles. The Kier molecular flexibility index (Phi) is 6.92. The van der Waals surface area contributed by atoms with Gasteiger partial charge in [-0.1, -0.05) is 31.5 Å². The van der Waals surface area contributed by atoms with Crippen LogP contribution in [0, 0.1) is 6.92 Å². The van der Waals surface area contributed by atoms with E-state index in [-0.39, 0.29) is 11.8 Å². The van der Waals surface area contributed by atoms with Crippen molar-refractivity contribution in [1.82, 2.24) is 4.90 Å². The van der Waals surface area contributed by atoms with E-state index in [1.807, 2.05) is 38.2 Å². The summed E-state index contributed by atoms with van der Waals surface area (Å²) in [6, 6.07) is 7.75. The van der Waals surface area contributed by atoms with Crippen molar-refractivity contribution in [2.75, 3.05) is 25.0 Å². The van der Waals surface area contributed by atoms with Crippen LogP contribution in [0.15, 0.2) is 24.3 Å². The number of para-hydroxylation sites is 1. The standard InChI is InChI=1S/C17H26N2O2/c1-5-6-12-18(4)17(21)11-13-19(15(3)20)16-10-8-7-9-14(16)2/h7-10H,5-6,11-13H2,1-4H3. The van der Waals surface area contributed by atoms with E-state index in [1.165, 1.54) is 6.92 Å². The molecule has 0 unspecified atom stereocenters. The average molecular weight is 290 g/mol. The minimum absolute atomic E-state index is 0.0340. The summed E-state index contributed by atoms with van der Waals surface area (Å²) in [5.41, 5.74) is 1.92. The maximum Gasteiger partial charge on any atom is 0.224 e. The number of carbonyl (C=O) groups excluding carboxylic acids is 2. The van der Waals surface area contributed by atoms with Crippen molar-refractivity contribution in [1.29, 1.82) is 0 Å². The number of hydrogen-bond donors (Lipinski definition) is 0. The summed E-state index contributed by atoms with van der Waals surface area (Å²) in [7, 11) is 1.82. The highest BCUT2D eigenvalue weighted by Crippen LogP contribution is 2.19. The van der Waals surface area contributed by atoms with E-state index in [4.69, 9.17) is 0 Å². The van der Waals surface area contributed by atoms with E-state index >= 15 is 0 Å². The van der Waals surface area contributed by atoms with Gasteiger partial charge < -0.3 is 9.80 Å². The maximum atomic E-state index is 12.1. The van der Waals surface area contributed by atoms with Crippen LogP contribution >= 0.6 is 0 Å². The topological polar surface area (TPSA) is 40.6 Å². The lowest BCUT2D eigenvalue weighted by Gasteiger charge is -2.24. The molecule has 0 radical (unpaired) electrons. The molecule has 1 rings (SSSR count). The van der Waals surface area contributed by atoms with Crippen molar-refractivity contribution in [2.45, 2.75) is 40.0 Å². The van der Waals surface area contributed by atoms with Crippen LogP contribution < -0.4 is 4.90 Å². The van der Waals surface area contributed by atoms with Gasteiger partial charge in [-0.3, -0.25) is 9.59 Å². The second-order valence-electron chi connectivity index (χ2n) is 5.38. The van der Waals surface area contributed by atoms with Crippen LogP contribution in [0.4, 0.5) is 5.69 Å². The lowest BCUT2D eigenvalue weighted by atomic mass is 10.1.